The molecule has 0 fully saturated rings. The second-order valence-corrected chi connectivity index (χ2v) is 11.1. The Balaban J connectivity index is 2.94. The van der Waals surface area contributed by atoms with Gasteiger partial charge in [0.1, 0.15) is 0 Å². The first-order valence-corrected chi connectivity index (χ1v) is 9.37. The van der Waals surface area contributed by atoms with E-state index in [1.54, 1.807) is 12.1 Å². The lowest BCUT2D eigenvalue weighted by Gasteiger charge is -2.36. The molecule has 0 atom stereocenters. The van der Waals surface area contributed by atoms with E-state index in [-0.39, 0.29) is 16.3 Å². The minimum Gasteiger partial charge on any atom is -0.479 e. The van der Waals surface area contributed by atoms with Crippen molar-refractivity contribution in [3.8, 4) is 0 Å². The summed E-state index contributed by atoms with van der Waals surface area (Å²) in [5, 5.41) is 9.21. The van der Waals surface area contributed by atoms with Gasteiger partial charge >= 0.3 is 5.97 Å². The van der Waals surface area contributed by atoms with E-state index in [0.29, 0.717) is 6.61 Å². The number of carboxylic acid groups (broad SMARTS) is 1. The van der Waals surface area contributed by atoms with Gasteiger partial charge in [-0.25, -0.2) is 9.64 Å². The monoisotopic (exact) mass is 291 g/mol. The summed E-state index contributed by atoms with van der Waals surface area (Å²) in [5.74, 6) is -1.08. The average Bonchev–Trinajstić information content (AvgIpc) is 2.34. The fraction of sp³-hybridized carbons (Fsp3) is 0.467. The highest BCUT2D eigenvalue weighted by molar-refractivity contribution is 6.74. The maximum atomic E-state index is 11.1. The van der Waals surface area contributed by atoms with Crippen LogP contribution >= 0.6 is 0 Å². The van der Waals surface area contributed by atoms with E-state index >= 15 is 0 Å². The average molecular weight is 291 g/mol. The Bertz CT molecular complexity index is 553. The van der Waals surface area contributed by atoms with E-state index in [1.807, 2.05) is 0 Å². The molecule has 0 aromatic heterocycles. The molecule has 0 aliphatic heterocycles. The number of benzene rings is 1. The number of aromatic carboxylic acids is 1. The third-order valence-corrected chi connectivity index (χ3v) is 8.30. The number of hydrogen-bond acceptors (Lipinski definition) is 2. The fourth-order valence-electron chi connectivity index (χ4n) is 1.42. The molecular formula is C15H21NO3Si. The highest BCUT2D eigenvalue weighted by atomic mass is 28.4. The molecule has 1 N–H and O–H groups in total. The minimum absolute atomic E-state index is 0.0383. The molecule has 0 saturated heterocycles. The van der Waals surface area contributed by atoms with Crippen LogP contribution in [0.1, 0.15) is 36.7 Å². The fourth-order valence-corrected chi connectivity index (χ4v) is 2.38. The van der Waals surface area contributed by atoms with Gasteiger partial charge in [0.15, 0.2) is 8.32 Å². The van der Waals surface area contributed by atoms with E-state index < -0.39 is 14.3 Å². The van der Waals surface area contributed by atoms with Crippen molar-refractivity contribution in [2.24, 2.45) is 0 Å². The van der Waals surface area contributed by atoms with Crippen LogP contribution in [-0.4, -0.2) is 19.4 Å². The van der Waals surface area contributed by atoms with E-state index in [9.17, 15) is 4.79 Å². The highest BCUT2D eigenvalue weighted by Crippen LogP contribution is 2.37. The Morgan fingerprint density at radius 1 is 1.40 bits per heavy atom. The Morgan fingerprint density at radius 2 is 2.00 bits per heavy atom. The number of rotatable bonds is 4. The third-order valence-electron chi connectivity index (χ3n) is 3.82. The van der Waals surface area contributed by atoms with E-state index in [4.69, 9.17) is 16.1 Å². The van der Waals surface area contributed by atoms with Crippen molar-refractivity contribution in [1.29, 1.82) is 0 Å². The van der Waals surface area contributed by atoms with Gasteiger partial charge in [-0.1, -0.05) is 39.0 Å². The highest BCUT2D eigenvalue weighted by Gasteiger charge is 2.37. The second-order valence-electron chi connectivity index (χ2n) is 6.32. The Kier molecular flexibility index (Phi) is 4.74. The van der Waals surface area contributed by atoms with Gasteiger partial charge in [-0.3, -0.25) is 0 Å². The van der Waals surface area contributed by atoms with Crippen LogP contribution in [-0.2, 0) is 11.0 Å². The number of carboxylic acids is 1. The van der Waals surface area contributed by atoms with E-state index in [2.05, 4.69) is 38.7 Å². The lowest BCUT2D eigenvalue weighted by molar-refractivity contribution is 0.0698. The summed E-state index contributed by atoms with van der Waals surface area (Å²) >= 11 is 0. The molecule has 1 aromatic rings. The zero-order valence-electron chi connectivity index (χ0n) is 12.7. The van der Waals surface area contributed by atoms with Crippen LogP contribution in [0.25, 0.3) is 4.85 Å². The van der Waals surface area contributed by atoms with Crippen LogP contribution in [0, 0.1) is 6.57 Å². The quantitative estimate of drug-likeness (QED) is 0.658. The summed E-state index contributed by atoms with van der Waals surface area (Å²) in [6, 6.07) is 4.83. The van der Waals surface area contributed by atoms with Crippen molar-refractivity contribution in [3.05, 3.63) is 40.7 Å². The zero-order chi connectivity index (χ0) is 15.6. The zero-order valence-corrected chi connectivity index (χ0v) is 13.7. The Morgan fingerprint density at radius 3 is 2.45 bits per heavy atom. The molecule has 0 aliphatic rings. The molecule has 0 heterocycles. The van der Waals surface area contributed by atoms with Crippen LogP contribution in [0.4, 0.5) is 5.69 Å². The molecule has 0 saturated carbocycles. The number of carbonyl (C=O) groups is 1. The number of nitrogens with zero attached hydrogens (tertiary/aromatic N) is 1. The van der Waals surface area contributed by atoms with Crippen molar-refractivity contribution < 1.29 is 14.3 Å². The van der Waals surface area contributed by atoms with Gasteiger partial charge in [-0.15, -0.1) is 0 Å². The first kappa shape index (κ1) is 16.4. The molecule has 4 nitrogen and oxygen atoms in total. The summed E-state index contributed by atoms with van der Waals surface area (Å²) in [6.45, 7) is 18.1. The van der Waals surface area contributed by atoms with Gasteiger partial charge in [0, 0.05) is 0 Å². The van der Waals surface area contributed by atoms with Gasteiger partial charge in [-0.05, 0) is 23.7 Å². The smallest absolute Gasteiger partial charge is 0.325 e. The van der Waals surface area contributed by atoms with Gasteiger partial charge in [0.05, 0.1) is 18.7 Å². The normalized spacial score (nSPS) is 12.0. The van der Waals surface area contributed by atoms with Crippen molar-refractivity contribution in [3.63, 3.8) is 0 Å². The minimum atomic E-state index is -1.86. The molecule has 0 radical (unpaired) electrons. The molecule has 1 aromatic carbocycles. The third kappa shape index (κ3) is 3.68. The Hall–Kier alpha value is -1.64. The molecule has 0 bridgehead atoms. The van der Waals surface area contributed by atoms with E-state index in [1.165, 1.54) is 6.07 Å². The molecule has 20 heavy (non-hydrogen) atoms. The predicted octanol–water partition coefficient (Wildman–Crippen LogP) is 4.46. The van der Waals surface area contributed by atoms with Gasteiger partial charge < -0.3 is 9.53 Å². The first-order chi connectivity index (χ1) is 9.08. The molecule has 0 amide bonds. The van der Waals surface area contributed by atoms with Crippen LogP contribution < -0.4 is 0 Å². The Labute approximate surface area is 121 Å². The van der Waals surface area contributed by atoms with Crippen LogP contribution in [0.3, 0.4) is 0 Å². The SMILES string of the molecule is [C-]#[N+]c1ccc(CO[Si](C)(C)C(C)(C)C)cc1C(=O)O. The van der Waals surface area contributed by atoms with Crippen LogP contribution in [0.5, 0.6) is 0 Å². The maximum absolute atomic E-state index is 11.1. The van der Waals surface area contributed by atoms with Crippen molar-refractivity contribution in [2.45, 2.75) is 45.5 Å². The standard InChI is InChI=1S/C15H21NO3Si/c1-15(2,3)20(5,6)19-10-11-7-8-13(16-4)12(9-11)14(17)18/h7-9H,10H2,1-3,5-6H3,(H,17,18). The molecule has 1 rings (SSSR count). The number of hydrogen-bond donors (Lipinski definition) is 1. The summed E-state index contributed by atoms with van der Waals surface area (Å²) in [7, 11) is -1.86. The first-order valence-electron chi connectivity index (χ1n) is 6.46. The second kappa shape index (κ2) is 5.78. The largest absolute Gasteiger partial charge is 0.479 e. The van der Waals surface area contributed by atoms with Crippen LogP contribution in [0.15, 0.2) is 18.2 Å². The van der Waals surface area contributed by atoms with Crippen molar-refractivity contribution >= 4 is 20.0 Å². The molecule has 0 unspecified atom stereocenters. The molecule has 0 aliphatic carbocycles. The van der Waals surface area contributed by atoms with Gasteiger partial charge in [0.25, 0.3) is 0 Å². The summed E-state index contributed by atoms with van der Waals surface area (Å²) < 4.78 is 6.06. The summed E-state index contributed by atoms with van der Waals surface area (Å²) in [5.41, 5.74) is 0.990. The van der Waals surface area contributed by atoms with Crippen molar-refractivity contribution in [1.82, 2.24) is 0 Å². The molecular weight excluding hydrogens is 270 g/mol. The van der Waals surface area contributed by atoms with Gasteiger partial charge in [-0.2, -0.15) is 0 Å². The van der Waals surface area contributed by atoms with Gasteiger partial charge in [0.2, 0.25) is 5.69 Å². The summed E-state index contributed by atoms with van der Waals surface area (Å²) in [6.07, 6.45) is 0. The van der Waals surface area contributed by atoms with Crippen molar-refractivity contribution in [2.75, 3.05) is 0 Å². The topological polar surface area (TPSA) is 50.9 Å². The van der Waals surface area contributed by atoms with Crippen LogP contribution in [0.2, 0.25) is 18.1 Å². The molecule has 5 heteroatoms. The lowest BCUT2D eigenvalue weighted by atomic mass is 10.1. The maximum Gasteiger partial charge on any atom is 0.325 e. The summed E-state index contributed by atoms with van der Waals surface area (Å²) in [4.78, 5) is 14.3. The molecule has 108 valence electrons. The predicted molar refractivity (Wildman–Crippen MR) is 81.6 cm³/mol. The molecule has 0 spiro atoms. The van der Waals surface area contributed by atoms with E-state index in [0.717, 1.165) is 5.56 Å². The lowest BCUT2D eigenvalue weighted by Crippen LogP contribution is -2.40.